The Labute approximate surface area is 96.3 Å². The van der Waals surface area contributed by atoms with Crippen LogP contribution < -0.4 is 11.1 Å². The van der Waals surface area contributed by atoms with Crippen molar-refractivity contribution in [3.63, 3.8) is 0 Å². The summed E-state index contributed by atoms with van der Waals surface area (Å²) in [7, 11) is 0. The van der Waals surface area contributed by atoms with E-state index >= 15 is 0 Å². The molecule has 0 aromatic heterocycles. The first-order chi connectivity index (χ1) is 7.24. The van der Waals surface area contributed by atoms with Crippen LogP contribution in [0.5, 0.6) is 0 Å². The van der Waals surface area contributed by atoms with E-state index in [0.717, 1.165) is 19.0 Å². The second-order valence-electron chi connectivity index (χ2n) is 4.77. The maximum absolute atomic E-state index is 5.82. The van der Waals surface area contributed by atoms with Crippen LogP contribution in [0, 0.1) is 5.92 Å². The summed E-state index contributed by atoms with van der Waals surface area (Å²) < 4.78 is 0.433. The van der Waals surface area contributed by atoms with E-state index in [-0.39, 0.29) is 0 Å². The molecule has 0 heterocycles. The highest BCUT2D eigenvalue weighted by atomic mass is 32.2. The van der Waals surface area contributed by atoms with Crippen molar-refractivity contribution in [3.05, 3.63) is 0 Å². The Bertz CT molecular complexity index is 244. The van der Waals surface area contributed by atoms with Gasteiger partial charge in [-0.05, 0) is 37.9 Å². The van der Waals surface area contributed by atoms with E-state index in [0.29, 0.717) is 10.7 Å². The molecule has 0 radical (unpaired) electrons. The predicted octanol–water partition coefficient (Wildman–Crippen LogP) is 1.59. The molecule has 0 aromatic carbocycles. The minimum Gasteiger partial charge on any atom is -0.370 e. The molecular weight excluding hydrogens is 206 g/mol. The van der Waals surface area contributed by atoms with Crippen molar-refractivity contribution in [3.8, 4) is 0 Å². The van der Waals surface area contributed by atoms with Crippen LogP contribution in [0.4, 0.5) is 0 Å². The number of rotatable bonds is 5. The van der Waals surface area contributed by atoms with Crippen molar-refractivity contribution in [2.75, 3.05) is 19.3 Å². The molecule has 15 heavy (non-hydrogen) atoms. The highest BCUT2D eigenvalue weighted by molar-refractivity contribution is 8.00. The average molecular weight is 227 g/mol. The number of aliphatic imine (C=N–C) groups is 1. The fourth-order valence-electron chi connectivity index (χ4n) is 1.80. The second-order valence-corrected chi connectivity index (χ2v) is 6.04. The molecule has 0 bridgehead atoms. The molecule has 0 aliphatic heterocycles. The molecule has 2 aliphatic rings. The van der Waals surface area contributed by atoms with Crippen LogP contribution in [0.2, 0.25) is 0 Å². The monoisotopic (exact) mass is 227 g/mol. The summed E-state index contributed by atoms with van der Waals surface area (Å²) in [6, 6.07) is 0. The SMILES string of the molecule is CSC1(CN=C(N)NCC2CCC2)CC1. The standard InChI is InChI=1S/C11H21N3S/c1-15-11(5-6-11)8-14-10(12)13-7-9-3-2-4-9/h9H,2-8H2,1H3,(H3,12,13,14). The van der Waals surface area contributed by atoms with E-state index in [4.69, 9.17) is 5.73 Å². The molecule has 2 saturated carbocycles. The lowest BCUT2D eigenvalue weighted by molar-refractivity contribution is 0.315. The summed E-state index contributed by atoms with van der Waals surface area (Å²) in [5.41, 5.74) is 5.82. The first-order valence-electron chi connectivity index (χ1n) is 5.83. The third-order valence-electron chi connectivity index (χ3n) is 3.57. The Hall–Kier alpha value is -0.380. The molecule has 86 valence electrons. The Kier molecular flexibility index (Phi) is 3.44. The van der Waals surface area contributed by atoms with Gasteiger partial charge in [-0.3, -0.25) is 4.99 Å². The van der Waals surface area contributed by atoms with Crippen molar-refractivity contribution in [2.45, 2.75) is 36.9 Å². The summed E-state index contributed by atoms with van der Waals surface area (Å²) in [6.45, 7) is 1.90. The lowest BCUT2D eigenvalue weighted by Crippen LogP contribution is -2.37. The van der Waals surface area contributed by atoms with E-state index < -0.39 is 0 Å². The van der Waals surface area contributed by atoms with Gasteiger partial charge in [0.2, 0.25) is 0 Å². The third kappa shape index (κ3) is 3.03. The van der Waals surface area contributed by atoms with Gasteiger partial charge in [-0.25, -0.2) is 0 Å². The molecule has 3 nitrogen and oxygen atoms in total. The number of hydrogen-bond acceptors (Lipinski definition) is 2. The van der Waals surface area contributed by atoms with Gasteiger partial charge in [0.15, 0.2) is 5.96 Å². The molecule has 0 saturated heterocycles. The fourth-order valence-corrected chi connectivity index (χ4v) is 2.50. The highest BCUT2D eigenvalue weighted by Gasteiger charge is 2.41. The molecule has 0 atom stereocenters. The minimum atomic E-state index is 0.433. The van der Waals surface area contributed by atoms with Crippen LogP contribution in [0.1, 0.15) is 32.1 Å². The van der Waals surface area contributed by atoms with Gasteiger partial charge in [-0.2, -0.15) is 11.8 Å². The van der Waals surface area contributed by atoms with Crippen LogP contribution in [-0.4, -0.2) is 30.1 Å². The topological polar surface area (TPSA) is 50.4 Å². The van der Waals surface area contributed by atoms with Gasteiger partial charge in [0.1, 0.15) is 0 Å². The number of nitrogens with one attached hydrogen (secondary N) is 1. The fraction of sp³-hybridized carbons (Fsp3) is 0.909. The van der Waals surface area contributed by atoms with E-state index in [1.54, 1.807) is 0 Å². The van der Waals surface area contributed by atoms with Gasteiger partial charge < -0.3 is 11.1 Å². The van der Waals surface area contributed by atoms with Crippen LogP contribution in [0.25, 0.3) is 0 Å². The molecule has 3 N–H and O–H groups in total. The van der Waals surface area contributed by atoms with Crippen molar-refractivity contribution in [2.24, 2.45) is 16.6 Å². The van der Waals surface area contributed by atoms with E-state index in [9.17, 15) is 0 Å². The molecule has 4 heteroatoms. The first-order valence-corrected chi connectivity index (χ1v) is 7.05. The predicted molar refractivity (Wildman–Crippen MR) is 67.3 cm³/mol. The van der Waals surface area contributed by atoms with Gasteiger partial charge >= 0.3 is 0 Å². The molecule has 2 rings (SSSR count). The number of nitrogens with zero attached hydrogens (tertiary/aromatic N) is 1. The quantitative estimate of drug-likeness (QED) is 0.554. The normalized spacial score (nSPS) is 24.7. The average Bonchev–Trinajstić information content (AvgIpc) is 2.93. The zero-order chi connectivity index (χ0) is 10.7. The van der Waals surface area contributed by atoms with Crippen LogP contribution in [-0.2, 0) is 0 Å². The zero-order valence-electron chi connectivity index (χ0n) is 9.46. The summed E-state index contributed by atoms with van der Waals surface area (Å²) in [4.78, 5) is 4.42. The van der Waals surface area contributed by atoms with Crippen molar-refractivity contribution in [1.82, 2.24) is 5.32 Å². The van der Waals surface area contributed by atoms with Gasteiger partial charge in [0.25, 0.3) is 0 Å². The van der Waals surface area contributed by atoms with Crippen molar-refractivity contribution in [1.29, 1.82) is 0 Å². The number of nitrogens with two attached hydrogens (primary N) is 1. The molecular formula is C11H21N3S. The van der Waals surface area contributed by atoms with Crippen LogP contribution in [0.15, 0.2) is 4.99 Å². The first kappa shape index (κ1) is 11.1. The van der Waals surface area contributed by atoms with Crippen LogP contribution in [0.3, 0.4) is 0 Å². The van der Waals surface area contributed by atoms with E-state index in [1.807, 2.05) is 11.8 Å². The molecule has 0 aromatic rings. The molecule has 0 unspecified atom stereocenters. The summed E-state index contributed by atoms with van der Waals surface area (Å²) >= 11 is 1.93. The lowest BCUT2D eigenvalue weighted by atomic mass is 9.85. The third-order valence-corrected chi connectivity index (χ3v) is 4.98. The Morgan fingerprint density at radius 1 is 1.53 bits per heavy atom. The smallest absolute Gasteiger partial charge is 0.188 e. The minimum absolute atomic E-state index is 0.433. The molecule has 2 aliphatic carbocycles. The Balaban J connectivity index is 1.65. The number of thioether (sulfide) groups is 1. The summed E-state index contributed by atoms with van der Waals surface area (Å²) in [5, 5.41) is 3.23. The van der Waals surface area contributed by atoms with Gasteiger partial charge in [-0.15, -0.1) is 0 Å². The number of guanidine groups is 1. The van der Waals surface area contributed by atoms with E-state index in [1.165, 1.54) is 32.1 Å². The van der Waals surface area contributed by atoms with Gasteiger partial charge in [-0.1, -0.05) is 6.42 Å². The Morgan fingerprint density at radius 2 is 2.27 bits per heavy atom. The number of hydrogen-bond donors (Lipinski definition) is 2. The maximum Gasteiger partial charge on any atom is 0.188 e. The van der Waals surface area contributed by atoms with Gasteiger partial charge in [0, 0.05) is 11.3 Å². The molecule has 0 spiro atoms. The van der Waals surface area contributed by atoms with Crippen molar-refractivity contribution < 1.29 is 0 Å². The second kappa shape index (κ2) is 4.64. The summed E-state index contributed by atoms with van der Waals surface area (Å²) in [5.74, 6) is 1.48. The van der Waals surface area contributed by atoms with Crippen LogP contribution >= 0.6 is 11.8 Å². The van der Waals surface area contributed by atoms with Crippen molar-refractivity contribution >= 4 is 17.7 Å². The largest absolute Gasteiger partial charge is 0.370 e. The zero-order valence-corrected chi connectivity index (χ0v) is 10.3. The summed E-state index contributed by atoms with van der Waals surface area (Å²) in [6.07, 6.45) is 8.87. The Morgan fingerprint density at radius 3 is 2.73 bits per heavy atom. The maximum atomic E-state index is 5.82. The molecule has 0 amide bonds. The van der Waals surface area contributed by atoms with E-state index in [2.05, 4.69) is 16.6 Å². The van der Waals surface area contributed by atoms with Gasteiger partial charge in [0.05, 0.1) is 6.54 Å². The lowest BCUT2D eigenvalue weighted by Gasteiger charge is -2.25. The molecule has 2 fully saturated rings. The highest BCUT2D eigenvalue weighted by Crippen LogP contribution is 2.47.